The molecule has 2 amide bonds. The lowest BCUT2D eigenvalue weighted by Crippen LogP contribution is -2.47. The third-order valence-electron chi connectivity index (χ3n) is 5.78. The van der Waals surface area contributed by atoms with Crippen LogP contribution < -0.4 is 5.32 Å². The minimum atomic E-state index is 0.0598. The van der Waals surface area contributed by atoms with Gasteiger partial charge >= 0.3 is 6.03 Å². The smallest absolute Gasteiger partial charge is 0.321 e. The van der Waals surface area contributed by atoms with E-state index in [9.17, 15) is 4.79 Å². The fourth-order valence-electron chi connectivity index (χ4n) is 4.40. The number of urea groups is 1. The Hall–Kier alpha value is -1.59. The minimum Gasteiger partial charge on any atom is -0.379 e. The van der Waals surface area contributed by atoms with Crippen molar-refractivity contribution >= 4 is 11.7 Å². The number of piperidine rings is 1. The molecule has 2 aliphatic heterocycles. The molecule has 1 atom stereocenters. The van der Waals surface area contributed by atoms with Gasteiger partial charge in [-0.25, -0.2) is 4.79 Å². The first-order valence-corrected chi connectivity index (χ1v) is 9.76. The number of carbonyl (C=O) groups excluding carboxylic acids is 1. The first-order chi connectivity index (χ1) is 12.3. The van der Waals surface area contributed by atoms with E-state index in [4.69, 9.17) is 4.74 Å². The van der Waals surface area contributed by atoms with Crippen LogP contribution in [0.4, 0.5) is 10.5 Å². The molecule has 2 heterocycles. The number of hydrogen-bond acceptors (Lipinski definition) is 3. The largest absolute Gasteiger partial charge is 0.379 e. The topological polar surface area (TPSA) is 44.8 Å². The van der Waals surface area contributed by atoms with Crippen molar-refractivity contribution in [2.45, 2.75) is 32.1 Å². The van der Waals surface area contributed by atoms with Gasteiger partial charge in [-0.3, -0.25) is 4.90 Å². The fourth-order valence-corrected chi connectivity index (χ4v) is 4.40. The maximum Gasteiger partial charge on any atom is 0.321 e. The number of benzene rings is 1. The number of hydrogen-bond donors (Lipinski definition) is 1. The number of aryl methyl sites for hydroxylation is 2. The number of amides is 2. The lowest BCUT2D eigenvalue weighted by atomic mass is 9.97. The van der Waals surface area contributed by atoms with Crippen LogP contribution in [0.1, 0.15) is 30.4 Å². The van der Waals surface area contributed by atoms with Crippen LogP contribution in [0.15, 0.2) is 18.2 Å². The van der Waals surface area contributed by atoms with E-state index in [1.807, 2.05) is 4.90 Å². The maximum atomic E-state index is 12.7. The molecule has 0 aromatic heterocycles. The molecule has 1 N–H and O–H groups in total. The summed E-state index contributed by atoms with van der Waals surface area (Å²) in [4.78, 5) is 17.2. The van der Waals surface area contributed by atoms with Gasteiger partial charge in [-0.05, 0) is 61.3 Å². The van der Waals surface area contributed by atoms with E-state index in [1.165, 1.54) is 30.4 Å². The van der Waals surface area contributed by atoms with Crippen LogP contribution in [-0.2, 0) is 17.6 Å². The van der Waals surface area contributed by atoms with Gasteiger partial charge in [0.1, 0.15) is 0 Å². The lowest BCUT2D eigenvalue weighted by Gasteiger charge is -2.36. The summed E-state index contributed by atoms with van der Waals surface area (Å²) in [5.74, 6) is 0.581. The van der Waals surface area contributed by atoms with Gasteiger partial charge in [-0.1, -0.05) is 6.07 Å². The molecular formula is C20H29N3O2. The van der Waals surface area contributed by atoms with Crippen LogP contribution in [0, 0.1) is 5.92 Å². The van der Waals surface area contributed by atoms with Gasteiger partial charge in [0.2, 0.25) is 0 Å². The van der Waals surface area contributed by atoms with Gasteiger partial charge in [0.15, 0.2) is 0 Å². The van der Waals surface area contributed by atoms with Crippen LogP contribution in [0.2, 0.25) is 0 Å². The van der Waals surface area contributed by atoms with E-state index < -0.39 is 0 Å². The molecule has 1 aromatic carbocycles. The summed E-state index contributed by atoms with van der Waals surface area (Å²) in [5, 5.41) is 3.12. The first-order valence-electron chi connectivity index (χ1n) is 9.76. The number of nitrogens with zero attached hydrogens (tertiary/aromatic N) is 2. The number of likely N-dealkylation sites (tertiary alicyclic amines) is 1. The third kappa shape index (κ3) is 4.15. The number of rotatable bonds is 3. The molecule has 1 aliphatic carbocycles. The predicted octanol–water partition coefficient (Wildman–Crippen LogP) is 2.75. The summed E-state index contributed by atoms with van der Waals surface area (Å²) in [7, 11) is 0. The van der Waals surface area contributed by atoms with Crippen LogP contribution in [0.25, 0.3) is 0 Å². The zero-order valence-corrected chi connectivity index (χ0v) is 15.0. The van der Waals surface area contributed by atoms with E-state index in [-0.39, 0.29) is 6.03 Å². The molecule has 0 radical (unpaired) electrons. The molecule has 2 saturated heterocycles. The number of morpholine rings is 1. The van der Waals surface area contributed by atoms with Crippen LogP contribution in [0.3, 0.4) is 0 Å². The average Bonchev–Trinajstić information content (AvgIpc) is 3.10. The molecule has 4 rings (SSSR count). The zero-order valence-electron chi connectivity index (χ0n) is 15.0. The highest BCUT2D eigenvalue weighted by Gasteiger charge is 2.26. The molecule has 5 nitrogen and oxygen atoms in total. The zero-order chi connectivity index (χ0) is 17.1. The van der Waals surface area contributed by atoms with Gasteiger partial charge in [-0.2, -0.15) is 0 Å². The fraction of sp³-hybridized carbons (Fsp3) is 0.650. The Morgan fingerprint density at radius 1 is 1.12 bits per heavy atom. The Bertz CT molecular complexity index is 613. The van der Waals surface area contributed by atoms with Crippen molar-refractivity contribution in [1.29, 1.82) is 0 Å². The maximum absolute atomic E-state index is 12.7. The number of carbonyl (C=O) groups is 1. The van der Waals surface area contributed by atoms with E-state index in [1.54, 1.807) is 0 Å². The molecule has 0 unspecified atom stereocenters. The molecular weight excluding hydrogens is 314 g/mol. The predicted molar refractivity (Wildman–Crippen MR) is 99.0 cm³/mol. The van der Waals surface area contributed by atoms with Crippen molar-refractivity contribution in [3.63, 3.8) is 0 Å². The molecule has 3 aliphatic rings. The molecule has 1 aromatic rings. The van der Waals surface area contributed by atoms with E-state index in [0.717, 1.165) is 64.5 Å². The Morgan fingerprint density at radius 2 is 1.96 bits per heavy atom. The summed E-state index contributed by atoms with van der Waals surface area (Å²) >= 11 is 0. The normalized spacial score (nSPS) is 24.2. The molecule has 0 saturated carbocycles. The number of ether oxygens (including phenoxy) is 1. The summed E-state index contributed by atoms with van der Waals surface area (Å²) < 4.78 is 5.43. The standard InChI is InChI=1S/C20H29N3O2/c24-20(21-19-7-6-17-4-1-5-18(17)13-19)23-8-2-3-16(15-23)14-22-9-11-25-12-10-22/h6-7,13,16H,1-5,8-12,14-15H2,(H,21,24)/t16-/m0/s1. The summed E-state index contributed by atoms with van der Waals surface area (Å²) in [6.07, 6.45) is 5.89. The van der Waals surface area contributed by atoms with Gasteiger partial charge in [0.25, 0.3) is 0 Å². The monoisotopic (exact) mass is 343 g/mol. The summed E-state index contributed by atoms with van der Waals surface area (Å²) in [5.41, 5.74) is 3.80. The second-order valence-corrected chi connectivity index (χ2v) is 7.63. The Labute approximate surface area is 150 Å². The van der Waals surface area contributed by atoms with Crippen molar-refractivity contribution in [3.05, 3.63) is 29.3 Å². The van der Waals surface area contributed by atoms with Gasteiger partial charge < -0.3 is 15.0 Å². The second-order valence-electron chi connectivity index (χ2n) is 7.63. The molecule has 0 bridgehead atoms. The molecule has 0 spiro atoms. The van der Waals surface area contributed by atoms with Gasteiger partial charge in [0, 0.05) is 38.4 Å². The highest BCUT2D eigenvalue weighted by Crippen LogP contribution is 2.25. The SMILES string of the molecule is O=C(Nc1ccc2c(c1)CCC2)N1CCC[C@@H](CN2CCOCC2)C1. The Morgan fingerprint density at radius 3 is 2.84 bits per heavy atom. The molecule has 136 valence electrons. The minimum absolute atomic E-state index is 0.0598. The van der Waals surface area contributed by atoms with Gasteiger partial charge in [-0.15, -0.1) is 0 Å². The van der Waals surface area contributed by atoms with Crippen LogP contribution in [-0.4, -0.2) is 61.8 Å². The van der Waals surface area contributed by atoms with Crippen molar-refractivity contribution < 1.29 is 9.53 Å². The Balaban J connectivity index is 1.32. The van der Waals surface area contributed by atoms with E-state index in [2.05, 4.69) is 28.4 Å². The number of nitrogens with one attached hydrogen (secondary N) is 1. The van der Waals surface area contributed by atoms with Crippen LogP contribution >= 0.6 is 0 Å². The van der Waals surface area contributed by atoms with Crippen molar-refractivity contribution in [3.8, 4) is 0 Å². The lowest BCUT2D eigenvalue weighted by molar-refractivity contribution is 0.0252. The van der Waals surface area contributed by atoms with Crippen molar-refractivity contribution in [2.24, 2.45) is 5.92 Å². The first kappa shape index (κ1) is 16.9. The van der Waals surface area contributed by atoms with Crippen LogP contribution in [0.5, 0.6) is 0 Å². The summed E-state index contributed by atoms with van der Waals surface area (Å²) in [6.45, 7) is 6.57. The highest BCUT2D eigenvalue weighted by atomic mass is 16.5. The second kappa shape index (κ2) is 7.75. The Kier molecular flexibility index (Phi) is 5.22. The van der Waals surface area contributed by atoms with E-state index >= 15 is 0 Å². The summed E-state index contributed by atoms with van der Waals surface area (Å²) in [6, 6.07) is 6.45. The highest BCUT2D eigenvalue weighted by molar-refractivity contribution is 5.89. The molecule has 2 fully saturated rings. The number of fused-ring (bicyclic) bond motifs is 1. The van der Waals surface area contributed by atoms with Gasteiger partial charge in [0.05, 0.1) is 13.2 Å². The quantitative estimate of drug-likeness (QED) is 0.918. The average molecular weight is 343 g/mol. The van der Waals surface area contributed by atoms with Crippen molar-refractivity contribution in [1.82, 2.24) is 9.80 Å². The number of anilines is 1. The molecule has 5 heteroatoms. The third-order valence-corrected chi connectivity index (χ3v) is 5.78. The molecule has 25 heavy (non-hydrogen) atoms. The van der Waals surface area contributed by atoms with E-state index in [0.29, 0.717) is 5.92 Å². The van der Waals surface area contributed by atoms with Crippen molar-refractivity contribution in [2.75, 3.05) is 51.3 Å².